The van der Waals surface area contributed by atoms with Gasteiger partial charge in [-0.3, -0.25) is 14.4 Å². The number of carbonyl (C=O) groups excluding carboxylic acids is 3. The highest BCUT2D eigenvalue weighted by atomic mass is 16.6. The molecule has 6 heteroatoms. The third-order valence-corrected chi connectivity index (χ3v) is 15.3. The first-order valence-electron chi connectivity index (χ1n) is 35.4. The van der Waals surface area contributed by atoms with E-state index in [0.717, 1.165) is 109 Å². The molecule has 0 aliphatic rings. The van der Waals surface area contributed by atoms with Gasteiger partial charge in [-0.2, -0.15) is 0 Å². The molecule has 476 valence electrons. The summed E-state index contributed by atoms with van der Waals surface area (Å²) in [5.74, 6) is -0.926. The molecule has 1 atom stereocenters. The Morgan fingerprint density at radius 2 is 0.470 bits per heavy atom. The lowest BCUT2D eigenvalue weighted by Gasteiger charge is -2.18. The van der Waals surface area contributed by atoms with E-state index >= 15 is 0 Å². The van der Waals surface area contributed by atoms with E-state index < -0.39 is 6.10 Å². The van der Waals surface area contributed by atoms with Crippen LogP contribution in [0.5, 0.6) is 0 Å². The van der Waals surface area contributed by atoms with Crippen LogP contribution in [0.15, 0.2) is 109 Å². The van der Waals surface area contributed by atoms with Crippen LogP contribution < -0.4 is 0 Å². The first-order valence-corrected chi connectivity index (χ1v) is 35.4. The third-order valence-electron chi connectivity index (χ3n) is 15.3. The maximum atomic E-state index is 13.0. The quantitative estimate of drug-likeness (QED) is 0.0261. The van der Waals surface area contributed by atoms with Crippen molar-refractivity contribution >= 4 is 17.9 Å². The van der Waals surface area contributed by atoms with Crippen LogP contribution in [0.4, 0.5) is 0 Å². The summed E-state index contributed by atoms with van der Waals surface area (Å²) >= 11 is 0. The van der Waals surface area contributed by atoms with Crippen molar-refractivity contribution in [1.29, 1.82) is 0 Å². The van der Waals surface area contributed by atoms with Gasteiger partial charge in [0.05, 0.1) is 0 Å². The average molecular weight is 1150 g/mol. The summed E-state index contributed by atoms with van der Waals surface area (Å²) in [6, 6.07) is 0. The smallest absolute Gasteiger partial charge is 0.306 e. The highest BCUT2D eigenvalue weighted by Gasteiger charge is 2.19. The third kappa shape index (κ3) is 68.7. The fourth-order valence-corrected chi connectivity index (χ4v) is 9.99. The number of carbonyl (C=O) groups is 3. The number of rotatable bonds is 64. The SMILES string of the molecule is CC/C=C\C/C=C\C/C=C\C/C=C\C/C=C\C/C=C\C/C=C\C/C=C\CCCCC(=O)OCC(COC(=O)CCCCCCCCC/C=C\CCCCCCCC)OC(=O)CCCCCCCCCCCCCCCCCCCCCCC. The molecule has 0 aromatic heterocycles. The van der Waals surface area contributed by atoms with Crippen molar-refractivity contribution in [3.63, 3.8) is 0 Å². The van der Waals surface area contributed by atoms with Gasteiger partial charge >= 0.3 is 17.9 Å². The van der Waals surface area contributed by atoms with Crippen LogP contribution in [0.2, 0.25) is 0 Å². The van der Waals surface area contributed by atoms with E-state index in [2.05, 4.69) is 130 Å². The van der Waals surface area contributed by atoms with Crippen molar-refractivity contribution in [3.8, 4) is 0 Å². The standard InChI is InChI=1S/C77H132O6/c1-4-7-10-13-16-19-22-25-28-31-33-35-36-37-38-39-40-42-43-46-49-52-55-58-61-64-67-70-76(79)82-73-74(72-81-75(78)69-66-63-60-57-54-51-48-45-30-27-24-21-18-15-12-9-6-3)83-77(80)71-68-65-62-59-56-53-50-47-44-41-34-32-29-26-23-20-17-14-11-8-5-2/h7,10,16,19,25,27-28,30,33,35,37-38,40,42,46,49,55,58,74H,4-6,8-9,11-15,17-18,20-24,26,29,31-32,34,36,39,41,43-45,47-48,50-54,56-57,59-73H2,1-3H3/b10-7-,19-16-,28-25-,30-27-,35-33-,38-37-,42-40-,49-46-,58-55-. The lowest BCUT2D eigenvalue weighted by Crippen LogP contribution is -2.30. The molecule has 0 aliphatic carbocycles. The largest absolute Gasteiger partial charge is 0.462 e. The molecular formula is C77H132O6. The van der Waals surface area contributed by atoms with Gasteiger partial charge in [0.25, 0.3) is 0 Å². The van der Waals surface area contributed by atoms with Crippen molar-refractivity contribution in [2.24, 2.45) is 0 Å². The Morgan fingerprint density at radius 1 is 0.253 bits per heavy atom. The summed E-state index contributed by atoms with van der Waals surface area (Å²) in [6.07, 6.45) is 96.8. The van der Waals surface area contributed by atoms with Gasteiger partial charge in [0, 0.05) is 19.3 Å². The minimum Gasteiger partial charge on any atom is -0.462 e. The van der Waals surface area contributed by atoms with E-state index in [0.29, 0.717) is 19.3 Å². The number of esters is 3. The molecule has 0 fully saturated rings. The van der Waals surface area contributed by atoms with E-state index in [4.69, 9.17) is 14.2 Å². The summed E-state index contributed by atoms with van der Waals surface area (Å²) in [5.41, 5.74) is 0. The van der Waals surface area contributed by atoms with E-state index in [1.807, 2.05) is 0 Å². The molecular weight excluding hydrogens is 1020 g/mol. The van der Waals surface area contributed by atoms with Crippen LogP contribution in [0.1, 0.15) is 342 Å². The van der Waals surface area contributed by atoms with Gasteiger partial charge in [-0.1, -0.05) is 323 Å². The van der Waals surface area contributed by atoms with Crippen molar-refractivity contribution in [3.05, 3.63) is 109 Å². The second-order valence-corrected chi connectivity index (χ2v) is 23.4. The zero-order chi connectivity index (χ0) is 59.9. The number of hydrogen-bond acceptors (Lipinski definition) is 6. The molecule has 0 heterocycles. The first kappa shape index (κ1) is 79.1. The van der Waals surface area contributed by atoms with E-state index in [1.54, 1.807) is 0 Å². The van der Waals surface area contributed by atoms with Gasteiger partial charge in [-0.05, 0) is 109 Å². The Bertz CT molecular complexity index is 1660. The topological polar surface area (TPSA) is 78.9 Å². The zero-order valence-electron chi connectivity index (χ0n) is 54.7. The van der Waals surface area contributed by atoms with Crippen LogP contribution in [-0.4, -0.2) is 37.2 Å². The molecule has 0 saturated carbocycles. The predicted octanol–water partition coefficient (Wildman–Crippen LogP) is 24.6. The van der Waals surface area contributed by atoms with Crippen LogP contribution in [0.25, 0.3) is 0 Å². The van der Waals surface area contributed by atoms with Crippen LogP contribution >= 0.6 is 0 Å². The van der Waals surface area contributed by atoms with E-state index in [1.165, 1.54) is 193 Å². The highest BCUT2D eigenvalue weighted by Crippen LogP contribution is 2.17. The van der Waals surface area contributed by atoms with Crippen LogP contribution in [0, 0.1) is 0 Å². The minimum atomic E-state index is -0.800. The monoisotopic (exact) mass is 1150 g/mol. The van der Waals surface area contributed by atoms with Crippen molar-refractivity contribution in [1.82, 2.24) is 0 Å². The molecule has 0 bridgehead atoms. The average Bonchev–Trinajstić information content (AvgIpc) is 3.49. The molecule has 0 radical (unpaired) electrons. The summed E-state index contributed by atoms with van der Waals surface area (Å²) in [5, 5.41) is 0. The number of allylic oxidation sites excluding steroid dienone is 18. The molecule has 83 heavy (non-hydrogen) atoms. The summed E-state index contributed by atoms with van der Waals surface area (Å²) < 4.78 is 17.0. The lowest BCUT2D eigenvalue weighted by atomic mass is 10.0. The highest BCUT2D eigenvalue weighted by molar-refractivity contribution is 5.71. The van der Waals surface area contributed by atoms with Crippen molar-refractivity contribution in [2.75, 3.05) is 13.2 Å². The molecule has 0 rings (SSSR count). The maximum Gasteiger partial charge on any atom is 0.306 e. The van der Waals surface area contributed by atoms with Crippen molar-refractivity contribution in [2.45, 2.75) is 348 Å². The Kier molecular flexibility index (Phi) is 67.2. The normalized spacial score (nSPS) is 12.8. The van der Waals surface area contributed by atoms with Gasteiger partial charge in [-0.15, -0.1) is 0 Å². The fourth-order valence-electron chi connectivity index (χ4n) is 9.99. The molecule has 0 spiro atoms. The van der Waals surface area contributed by atoms with Gasteiger partial charge in [-0.25, -0.2) is 0 Å². The Balaban J connectivity index is 4.44. The minimum absolute atomic E-state index is 0.0921. The molecule has 0 N–H and O–H groups in total. The molecule has 0 aliphatic heterocycles. The van der Waals surface area contributed by atoms with Gasteiger partial charge in [0.1, 0.15) is 13.2 Å². The van der Waals surface area contributed by atoms with E-state index in [9.17, 15) is 14.4 Å². The number of ether oxygens (including phenoxy) is 3. The maximum absolute atomic E-state index is 13.0. The molecule has 0 aromatic carbocycles. The summed E-state index contributed by atoms with van der Waals surface area (Å²) in [6.45, 7) is 6.53. The summed E-state index contributed by atoms with van der Waals surface area (Å²) in [7, 11) is 0. The zero-order valence-corrected chi connectivity index (χ0v) is 54.7. The second kappa shape index (κ2) is 70.6. The predicted molar refractivity (Wildman–Crippen MR) is 362 cm³/mol. The lowest BCUT2D eigenvalue weighted by molar-refractivity contribution is -0.167. The number of hydrogen-bond donors (Lipinski definition) is 0. The Morgan fingerprint density at radius 3 is 0.771 bits per heavy atom. The molecule has 0 saturated heterocycles. The molecule has 0 aromatic rings. The van der Waals surface area contributed by atoms with Crippen LogP contribution in [-0.2, 0) is 28.6 Å². The van der Waals surface area contributed by atoms with Gasteiger partial charge in [0.15, 0.2) is 6.10 Å². The molecule has 6 nitrogen and oxygen atoms in total. The second-order valence-electron chi connectivity index (χ2n) is 23.4. The molecule has 1 unspecified atom stereocenters. The first-order chi connectivity index (χ1) is 41.0. The van der Waals surface area contributed by atoms with Gasteiger partial charge < -0.3 is 14.2 Å². The Labute approximate surface area is 514 Å². The summed E-state index contributed by atoms with van der Waals surface area (Å²) in [4.78, 5) is 38.5. The van der Waals surface area contributed by atoms with Gasteiger partial charge in [0.2, 0.25) is 0 Å². The Hall–Kier alpha value is -3.93. The molecule has 0 amide bonds. The van der Waals surface area contributed by atoms with Crippen molar-refractivity contribution < 1.29 is 28.6 Å². The van der Waals surface area contributed by atoms with E-state index in [-0.39, 0.29) is 31.1 Å². The fraction of sp³-hybridized carbons (Fsp3) is 0.727. The number of unbranched alkanes of at least 4 members (excludes halogenated alkanes) is 35. The van der Waals surface area contributed by atoms with Crippen LogP contribution in [0.3, 0.4) is 0 Å².